The largest absolute Gasteiger partial charge is 0.368 e. The molecular formula is C8H10FN3. The first-order valence-electron chi connectivity index (χ1n) is 3.53. The summed E-state index contributed by atoms with van der Waals surface area (Å²) in [5, 5.41) is 0. The highest BCUT2D eigenvalue weighted by molar-refractivity contribution is 5.76. The van der Waals surface area contributed by atoms with E-state index in [2.05, 4.69) is 4.99 Å². The fraction of sp³-hybridized carbons (Fsp3) is 0.125. The van der Waals surface area contributed by atoms with Gasteiger partial charge in [0.2, 0.25) is 5.96 Å². The van der Waals surface area contributed by atoms with Crippen molar-refractivity contribution in [2.45, 2.75) is 6.54 Å². The topological polar surface area (TPSA) is 50.4 Å². The Labute approximate surface area is 70.0 Å². The number of aliphatic imine (C=N–C) groups is 1. The van der Waals surface area contributed by atoms with Gasteiger partial charge in [-0.1, -0.05) is 30.3 Å². The summed E-state index contributed by atoms with van der Waals surface area (Å²) < 4.78 is 11.6. The molecule has 0 saturated heterocycles. The van der Waals surface area contributed by atoms with Crippen molar-refractivity contribution in [2.24, 2.45) is 10.7 Å². The lowest BCUT2D eigenvalue weighted by atomic mass is 10.2. The second-order valence-electron chi connectivity index (χ2n) is 2.28. The normalized spacial score (nSPS) is 11.2. The Hall–Kier alpha value is -1.58. The maximum absolute atomic E-state index is 11.6. The maximum atomic E-state index is 11.6. The van der Waals surface area contributed by atoms with Gasteiger partial charge in [-0.2, -0.15) is 5.54 Å². The first-order valence-corrected chi connectivity index (χ1v) is 3.53. The Morgan fingerprint density at radius 1 is 1.42 bits per heavy atom. The highest BCUT2D eigenvalue weighted by Crippen LogP contribution is 1.99. The van der Waals surface area contributed by atoms with E-state index in [0.29, 0.717) is 6.54 Å². The predicted octanol–water partition coefficient (Wildman–Crippen LogP) is 0.975. The molecule has 0 aliphatic rings. The Balaban J connectivity index is 2.54. The molecule has 12 heavy (non-hydrogen) atoms. The standard InChI is InChI=1S/C8H10FN3/c9-12-8(10)11-6-7-4-2-1-3-5-7/h1-5H,6H2,(H3,10,11,12). The summed E-state index contributed by atoms with van der Waals surface area (Å²) in [6.45, 7) is 0.392. The van der Waals surface area contributed by atoms with Crippen LogP contribution in [0.1, 0.15) is 5.56 Å². The molecule has 0 saturated carbocycles. The number of hydrogen-bond acceptors (Lipinski definition) is 1. The molecule has 3 nitrogen and oxygen atoms in total. The Bertz CT molecular complexity index is 258. The number of nitrogens with zero attached hydrogens (tertiary/aromatic N) is 1. The molecule has 0 aliphatic carbocycles. The number of benzene rings is 1. The van der Waals surface area contributed by atoms with E-state index < -0.39 is 0 Å². The van der Waals surface area contributed by atoms with Crippen molar-refractivity contribution in [1.29, 1.82) is 0 Å². The molecular weight excluding hydrogens is 157 g/mol. The van der Waals surface area contributed by atoms with E-state index in [1.165, 1.54) is 5.54 Å². The van der Waals surface area contributed by atoms with Gasteiger partial charge in [0, 0.05) is 0 Å². The third-order valence-electron chi connectivity index (χ3n) is 1.37. The van der Waals surface area contributed by atoms with Crippen LogP contribution in [0.3, 0.4) is 0 Å². The minimum Gasteiger partial charge on any atom is -0.368 e. The molecule has 0 radical (unpaired) electrons. The molecule has 0 aliphatic heterocycles. The van der Waals surface area contributed by atoms with Crippen molar-refractivity contribution >= 4 is 5.96 Å². The third kappa shape index (κ3) is 2.57. The molecule has 0 unspecified atom stereocenters. The van der Waals surface area contributed by atoms with Crippen LogP contribution in [-0.4, -0.2) is 5.96 Å². The van der Waals surface area contributed by atoms with Gasteiger partial charge in [0.25, 0.3) is 0 Å². The van der Waals surface area contributed by atoms with Crippen LogP contribution in [0.5, 0.6) is 0 Å². The second-order valence-corrected chi connectivity index (χ2v) is 2.28. The highest BCUT2D eigenvalue weighted by Gasteiger charge is 1.89. The number of halogens is 1. The number of hydrogen-bond donors (Lipinski definition) is 2. The van der Waals surface area contributed by atoms with Crippen molar-refractivity contribution in [3.8, 4) is 0 Å². The lowest BCUT2D eigenvalue weighted by Crippen LogP contribution is -2.24. The van der Waals surface area contributed by atoms with Gasteiger partial charge in [0.15, 0.2) is 0 Å². The molecule has 1 rings (SSSR count). The van der Waals surface area contributed by atoms with E-state index in [9.17, 15) is 4.48 Å². The van der Waals surface area contributed by atoms with Crippen molar-refractivity contribution in [1.82, 2.24) is 5.54 Å². The van der Waals surface area contributed by atoms with E-state index >= 15 is 0 Å². The van der Waals surface area contributed by atoms with Crippen LogP contribution >= 0.6 is 0 Å². The highest BCUT2D eigenvalue weighted by atomic mass is 19.2. The number of rotatable bonds is 2. The monoisotopic (exact) mass is 167 g/mol. The number of guanidine groups is 1. The summed E-state index contributed by atoms with van der Waals surface area (Å²) in [5.41, 5.74) is 7.34. The predicted molar refractivity (Wildman–Crippen MR) is 46.0 cm³/mol. The van der Waals surface area contributed by atoms with Crippen LogP contribution in [0.15, 0.2) is 35.3 Å². The van der Waals surface area contributed by atoms with Gasteiger partial charge in [-0.15, -0.1) is 4.48 Å². The van der Waals surface area contributed by atoms with Gasteiger partial charge in [0.05, 0.1) is 6.54 Å². The average Bonchev–Trinajstić information content (AvgIpc) is 2.16. The summed E-state index contributed by atoms with van der Waals surface area (Å²) in [6, 6.07) is 9.49. The lowest BCUT2D eigenvalue weighted by molar-refractivity contribution is 0.429. The van der Waals surface area contributed by atoms with Crippen LogP contribution < -0.4 is 11.3 Å². The van der Waals surface area contributed by atoms with Gasteiger partial charge < -0.3 is 5.73 Å². The Morgan fingerprint density at radius 3 is 2.67 bits per heavy atom. The molecule has 3 N–H and O–H groups in total. The smallest absolute Gasteiger partial charge is 0.217 e. The van der Waals surface area contributed by atoms with Gasteiger partial charge in [-0.05, 0) is 5.56 Å². The molecule has 0 fully saturated rings. The zero-order chi connectivity index (χ0) is 8.81. The molecule has 0 atom stereocenters. The lowest BCUT2D eigenvalue weighted by Gasteiger charge is -1.96. The van der Waals surface area contributed by atoms with E-state index in [4.69, 9.17) is 5.73 Å². The molecule has 0 heterocycles. The third-order valence-corrected chi connectivity index (χ3v) is 1.37. The van der Waals surface area contributed by atoms with Gasteiger partial charge >= 0.3 is 0 Å². The Morgan fingerprint density at radius 2 is 2.08 bits per heavy atom. The molecule has 0 amide bonds. The van der Waals surface area contributed by atoms with Crippen molar-refractivity contribution in [3.05, 3.63) is 35.9 Å². The summed E-state index contributed by atoms with van der Waals surface area (Å²) >= 11 is 0. The second kappa shape index (κ2) is 4.33. The van der Waals surface area contributed by atoms with Gasteiger partial charge in [-0.3, -0.25) is 0 Å². The molecule has 64 valence electrons. The molecule has 4 heteroatoms. The first-order chi connectivity index (χ1) is 5.83. The Kier molecular flexibility index (Phi) is 3.07. The molecule has 1 aromatic rings. The summed E-state index contributed by atoms with van der Waals surface area (Å²) in [6.07, 6.45) is 0. The summed E-state index contributed by atoms with van der Waals surface area (Å²) in [7, 11) is 0. The molecule has 1 aromatic carbocycles. The SMILES string of the molecule is NC(=NCc1ccccc1)NF. The fourth-order valence-electron chi connectivity index (χ4n) is 0.790. The van der Waals surface area contributed by atoms with Gasteiger partial charge in [0.1, 0.15) is 0 Å². The van der Waals surface area contributed by atoms with Crippen molar-refractivity contribution < 1.29 is 4.48 Å². The fourth-order valence-corrected chi connectivity index (χ4v) is 0.790. The summed E-state index contributed by atoms with van der Waals surface area (Å²) in [5.74, 6) is -0.196. The minimum atomic E-state index is -0.196. The maximum Gasteiger partial charge on any atom is 0.217 e. The number of nitrogens with two attached hydrogens (primary N) is 1. The van der Waals surface area contributed by atoms with Crippen molar-refractivity contribution in [3.63, 3.8) is 0 Å². The zero-order valence-corrected chi connectivity index (χ0v) is 6.50. The van der Waals surface area contributed by atoms with E-state index in [-0.39, 0.29) is 5.96 Å². The van der Waals surface area contributed by atoms with Crippen LogP contribution in [0.2, 0.25) is 0 Å². The van der Waals surface area contributed by atoms with Crippen LogP contribution in [0.4, 0.5) is 4.48 Å². The van der Waals surface area contributed by atoms with E-state index in [0.717, 1.165) is 5.56 Å². The van der Waals surface area contributed by atoms with Crippen LogP contribution in [-0.2, 0) is 6.54 Å². The first kappa shape index (κ1) is 8.52. The number of nitrogens with one attached hydrogen (secondary N) is 1. The molecule has 0 bridgehead atoms. The summed E-state index contributed by atoms with van der Waals surface area (Å²) in [4.78, 5) is 3.72. The quantitative estimate of drug-likeness (QED) is 0.392. The zero-order valence-electron chi connectivity index (χ0n) is 6.50. The van der Waals surface area contributed by atoms with Crippen LogP contribution in [0, 0.1) is 0 Å². The van der Waals surface area contributed by atoms with E-state index in [1.54, 1.807) is 0 Å². The molecule has 0 spiro atoms. The van der Waals surface area contributed by atoms with Crippen molar-refractivity contribution in [2.75, 3.05) is 0 Å². The van der Waals surface area contributed by atoms with Crippen LogP contribution in [0.25, 0.3) is 0 Å². The molecule has 0 aromatic heterocycles. The van der Waals surface area contributed by atoms with Gasteiger partial charge in [-0.25, -0.2) is 4.99 Å². The average molecular weight is 167 g/mol. The van der Waals surface area contributed by atoms with E-state index in [1.807, 2.05) is 30.3 Å². The minimum absolute atomic E-state index is 0.196.